The molecule has 140 valence electrons. The summed E-state index contributed by atoms with van der Waals surface area (Å²) in [6.45, 7) is 2.09. The number of allylic oxidation sites excluding steroid dienone is 3. The van der Waals surface area contributed by atoms with E-state index in [-0.39, 0.29) is 17.6 Å². The Balaban J connectivity index is 1.77. The number of ketones is 1. The molecule has 1 aliphatic heterocycles. The van der Waals surface area contributed by atoms with Crippen LogP contribution in [-0.2, 0) is 16.0 Å². The van der Waals surface area contributed by atoms with Gasteiger partial charge in [-0.25, -0.2) is 0 Å². The van der Waals surface area contributed by atoms with Crippen LogP contribution in [0.2, 0.25) is 0 Å². The number of carbonyl (C=O) groups excluding carboxylic acids is 1. The zero-order valence-corrected chi connectivity index (χ0v) is 15.8. The molecule has 0 bridgehead atoms. The van der Waals surface area contributed by atoms with Gasteiger partial charge in [-0.3, -0.25) is 4.79 Å². The summed E-state index contributed by atoms with van der Waals surface area (Å²) in [4.78, 5) is 13.2. The van der Waals surface area contributed by atoms with E-state index in [9.17, 15) is 10.1 Å². The minimum Gasteiger partial charge on any atom is -0.444 e. The number of ether oxygens (including phenoxy) is 1. The van der Waals surface area contributed by atoms with Gasteiger partial charge in [0, 0.05) is 18.4 Å². The Morgan fingerprint density at radius 1 is 1.07 bits per heavy atom. The summed E-state index contributed by atoms with van der Waals surface area (Å²) in [5.74, 6) is 0.342. The number of benzene rings is 2. The molecule has 1 heterocycles. The van der Waals surface area contributed by atoms with Gasteiger partial charge in [-0.15, -0.1) is 0 Å². The van der Waals surface area contributed by atoms with E-state index in [1.165, 1.54) is 5.56 Å². The van der Waals surface area contributed by atoms with Crippen LogP contribution in [-0.4, -0.2) is 5.78 Å². The molecule has 0 aromatic heterocycles. The number of aryl methyl sites for hydroxylation is 1. The molecule has 2 aromatic rings. The van der Waals surface area contributed by atoms with Crippen molar-refractivity contribution in [1.82, 2.24) is 0 Å². The Hall–Kier alpha value is -3.32. The minimum absolute atomic E-state index is 0.0277. The molecule has 0 unspecified atom stereocenters. The van der Waals surface area contributed by atoms with Crippen molar-refractivity contribution in [3.05, 3.63) is 94.1 Å². The molecule has 2 atom stereocenters. The molecule has 2 aliphatic rings. The molecule has 0 saturated carbocycles. The van der Waals surface area contributed by atoms with Crippen LogP contribution in [0.4, 0.5) is 0 Å². The maximum Gasteiger partial charge on any atom is 0.205 e. The van der Waals surface area contributed by atoms with E-state index in [0.29, 0.717) is 29.7 Å². The minimum atomic E-state index is -0.455. The molecular formula is C24H22N2O2. The first-order valence-electron chi connectivity index (χ1n) is 9.60. The third-order valence-corrected chi connectivity index (χ3v) is 5.65. The molecule has 2 aromatic carbocycles. The Morgan fingerprint density at radius 3 is 2.43 bits per heavy atom. The quantitative estimate of drug-likeness (QED) is 0.865. The monoisotopic (exact) mass is 370 g/mol. The number of nitrogens with zero attached hydrogens (tertiary/aromatic N) is 1. The third-order valence-electron chi connectivity index (χ3n) is 5.65. The predicted octanol–water partition coefficient (Wildman–Crippen LogP) is 4.46. The van der Waals surface area contributed by atoms with Gasteiger partial charge in [0.1, 0.15) is 17.4 Å². The van der Waals surface area contributed by atoms with Gasteiger partial charge in [-0.05, 0) is 29.0 Å². The number of nitriles is 1. The average molecular weight is 370 g/mol. The first-order chi connectivity index (χ1) is 13.6. The zero-order valence-electron chi connectivity index (χ0n) is 15.8. The highest BCUT2D eigenvalue weighted by Crippen LogP contribution is 2.46. The Labute approximate surface area is 164 Å². The van der Waals surface area contributed by atoms with Gasteiger partial charge < -0.3 is 10.5 Å². The van der Waals surface area contributed by atoms with Crippen LogP contribution in [0, 0.1) is 11.3 Å². The van der Waals surface area contributed by atoms with Gasteiger partial charge >= 0.3 is 0 Å². The lowest BCUT2D eigenvalue weighted by Crippen LogP contribution is -2.29. The van der Waals surface area contributed by atoms with Crippen LogP contribution in [0.15, 0.2) is 77.4 Å². The maximum atomic E-state index is 13.2. The largest absolute Gasteiger partial charge is 0.444 e. The van der Waals surface area contributed by atoms with Gasteiger partial charge in [-0.2, -0.15) is 5.26 Å². The first-order valence-corrected chi connectivity index (χ1v) is 9.60. The average Bonchev–Trinajstić information content (AvgIpc) is 2.73. The van der Waals surface area contributed by atoms with E-state index in [1.807, 2.05) is 54.6 Å². The van der Waals surface area contributed by atoms with Crippen LogP contribution >= 0.6 is 0 Å². The van der Waals surface area contributed by atoms with E-state index in [2.05, 4.69) is 13.0 Å². The molecule has 0 fully saturated rings. The fourth-order valence-electron chi connectivity index (χ4n) is 4.15. The topological polar surface area (TPSA) is 76.1 Å². The van der Waals surface area contributed by atoms with E-state index in [4.69, 9.17) is 10.5 Å². The summed E-state index contributed by atoms with van der Waals surface area (Å²) in [6, 6.07) is 20.2. The molecule has 4 heteroatoms. The molecule has 2 N–H and O–H groups in total. The van der Waals surface area contributed by atoms with Crippen molar-refractivity contribution in [1.29, 1.82) is 5.26 Å². The highest BCUT2D eigenvalue weighted by molar-refractivity contribution is 6.00. The number of hydrogen-bond acceptors (Lipinski definition) is 4. The van der Waals surface area contributed by atoms with Crippen molar-refractivity contribution >= 4 is 5.78 Å². The highest BCUT2D eigenvalue weighted by Gasteiger charge is 2.40. The second-order valence-electron chi connectivity index (χ2n) is 7.30. The van der Waals surface area contributed by atoms with Gasteiger partial charge in [-0.1, -0.05) is 61.5 Å². The summed E-state index contributed by atoms with van der Waals surface area (Å²) in [5.41, 5.74) is 10.2. The smallest absolute Gasteiger partial charge is 0.205 e. The first kappa shape index (κ1) is 18.1. The number of rotatable bonds is 3. The lowest BCUT2D eigenvalue weighted by molar-refractivity contribution is -0.117. The van der Waals surface area contributed by atoms with Crippen molar-refractivity contribution < 1.29 is 9.53 Å². The highest BCUT2D eigenvalue weighted by atomic mass is 16.5. The van der Waals surface area contributed by atoms with Gasteiger partial charge in [0.05, 0.1) is 5.92 Å². The molecule has 4 rings (SSSR count). The van der Waals surface area contributed by atoms with Crippen LogP contribution in [0.5, 0.6) is 0 Å². The van der Waals surface area contributed by atoms with E-state index >= 15 is 0 Å². The summed E-state index contributed by atoms with van der Waals surface area (Å²) in [7, 11) is 0. The number of carbonyl (C=O) groups is 1. The van der Waals surface area contributed by atoms with Crippen LogP contribution in [0.1, 0.15) is 48.3 Å². The van der Waals surface area contributed by atoms with E-state index in [1.54, 1.807) is 0 Å². The van der Waals surface area contributed by atoms with E-state index < -0.39 is 5.92 Å². The Bertz CT molecular complexity index is 1010. The number of nitrogens with two attached hydrogens (primary N) is 1. The Morgan fingerprint density at radius 2 is 1.79 bits per heavy atom. The fourth-order valence-corrected chi connectivity index (χ4v) is 4.15. The van der Waals surface area contributed by atoms with Crippen LogP contribution < -0.4 is 5.73 Å². The fraction of sp³-hybridized carbons (Fsp3) is 0.250. The molecule has 0 amide bonds. The lowest BCUT2D eigenvalue weighted by Gasteiger charge is -2.34. The summed E-state index contributed by atoms with van der Waals surface area (Å²) in [6.07, 6.45) is 1.95. The van der Waals surface area contributed by atoms with Crippen molar-refractivity contribution in [2.24, 2.45) is 5.73 Å². The summed E-state index contributed by atoms with van der Waals surface area (Å²) >= 11 is 0. The van der Waals surface area contributed by atoms with Gasteiger partial charge in [0.15, 0.2) is 5.78 Å². The molecule has 28 heavy (non-hydrogen) atoms. The SMILES string of the molecule is CCc1ccc([C@@H]2C(C#N)=C(N)OC3=C2C(=O)C[C@@H](c2ccccc2)C3)cc1. The van der Waals surface area contributed by atoms with E-state index in [0.717, 1.165) is 17.5 Å². The second kappa shape index (κ2) is 7.36. The third kappa shape index (κ3) is 3.10. The lowest BCUT2D eigenvalue weighted by atomic mass is 9.73. The van der Waals surface area contributed by atoms with Crippen LogP contribution in [0.25, 0.3) is 0 Å². The number of Topliss-reactive ketones (excluding diaryl/α,β-unsaturated/α-hetero) is 1. The molecule has 1 aliphatic carbocycles. The molecular weight excluding hydrogens is 348 g/mol. The molecule has 0 radical (unpaired) electrons. The van der Waals surface area contributed by atoms with Crippen LogP contribution in [0.3, 0.4) is 0 Å². The van der Waals surface area contributed by atoms with Crippen molar-refractivity contribution in [2.75, 3.05) is 0 Å². The number of hydrogen-bond donors (Lipinski definition) is 1. The van der Waals surface area contributed by atoms with Crippen molar-refractivity contribution in [2.45, 2.75) is 38.0 Å². The summed E-state index contributed by atoms with van der Waals surface area (Å²) < 4.78 is 5.81. The van der Waals surface area contributed by atoms with Gasteiger partial charge in [0.2, 0.25) is 5.88 Å². The molecule has 4 nitrogen and oxygen atoms in total. The zero-order chi connectivity index (χ0) is 19.7. The maximum absolute atomic E-state index is 13.2. The molecule has 0 spiro atoms. The molecule has 0 saturated heterocycles. The Kier molecular flexibility index (Phi) is 4.75. The van der Waals surface area contributed by atoms with Crippen molar-refractivity contribution in [3.8, 4) is 6.07 Å². The van der Waals surface area contributed by atoms with Crippen molar-refractivity contribution in [3.63, 3.8) is 0 Å². The summed E-state index contributed by atoms with van der Waals surface area (Å²) in [5, 5.41) is 9.70. The normalized spacial score (nSPS) is 21.8. The predicted molar refractivity (Wildman–Crippen MR) is 107 cm³/mol. The standard InChI is InChI=1S/C24H22N2O2/c1-2-15-8-10-17(11-9-15)22-19(14-25)24(26)28-21-13-18(12-20(27)23(21)22)16-6-4-3-5-7-16/h3-11,18,22H,2,12-13,26H2,1H3/t18-,22-/m1/s1. The second-order valence-corrected chi connectivity index (χ2v) is 7.30. The van der Waals surface area contributed by atoms with Gasteiger partial charge in [0.25, 0.3) is 0 Å².